The van der Waals surface area contributed by atoms with Crippen molar-refractivity contribution < 1.29 is 33.0 Å². The predicted molar refractivity (Wildman–Crippen MR) is 38.1 cm³/mol. The van der Waals surface area contributed by atoms with Gasteiger partial charge in [0.05, 0.1) is 0 Å². The molecule has 0 saturated heterocycles. The Morgan fingerprint density at radius 2 is 1.21 bits per heavy atom. The van der Waals surface area contributed by atoms with Crippen molar-refractivity contribution in [1.29, 1.82) is 0 Å². The molecule has 0 atom stereocenters. The first-order chi connectivity index (χ1) is 5.89. The third-order valence-corrected chi connectivity index (χ3v) is 0.703. The zero-order valence-electron chi connectivity index (χ0n) is 7.00. The van der Waals surface area contributed by atoms with Crippen molar-refractivity contribution in [1.82, 2.24) is 0 Å². The molecular formula is C5H9F3N2O4. The van der Waals surface area contributed by atoms with Gasteiger partial charge in [-0.15, -0.1) is 0 Å². The second-order valence-electron chi connectivity index (χ2n) is 2.39. The Morgan fingerprint density at radius 1 is 1.07 bits per heavy atom. The molecule has 6 nitrogen and oxygen atoms in total. The molecule has 0 aromatic carbocycles. The first-order valence-corrected chi connectivity index (χ1v) is 3.00. The fourth-order valence-corrected chi connectivity index (χ4v) is 0. The van der Waals surface area contributed by atoms with Crippen molar-refractivity contribution in [2.45, 2.75) is 18.8 Å². The SMILES string of the molecule is CC(N)(N)C(=O)O.O=C(O)C(F)(F)F. The van der Waals surface area contributed by atoms with Crippen LogP contribution in [0.1, 0.15) is 6.92 Å². The normalized spacial score (nSPS) is 11.3. The fourth-order valence-electron chi connectivity index (χ4n) is 0. The van der Waals surface area contributed by atoms with Gasteiger partial charge in [-0.3, -0.25) is 0 Å². The number of aliphatic carboxylic acids is 2. The van der Waals surface area contributed by atoms with Gasteiger partial charge in [0, 0.05) is 0 Å². The molecule has 0 aromatic rings. The molecule has 0 heterocycles. The minimum atomic E-state index is -5.08. The molecule has 0 aliphatic heterocycles. The van der Waals surface area contributed by atoms with Gasteiger partial charge in [0.25, 0.3) is 0 Å². The van der Waals surface area contributed by atoms with Crippen LogP contribution in [0.4, 0.5) is 13.2 Å². The summed E-state index contributed by atoms with van der Waals surface area (Å²) in [5.74, 6) is -3.96. The Morgan fingerprint density at radius 3 is 1.21 bits per heavy atom. The number of carboxylic acids is 2. The van der Waals surface area contributed by atoms with Gasteiger partial charge in [0.15, 0.2) is 5.66 Å². The number of carboxylic acid groups (broad SMARTS) is 2. The first-order valence-electron chi connectivity index (χ1n) is 3.00. The number of nitrogens with two attached hydrogens (primary N) is 2. The summed E-state index contributed by atoms with van der Waals surface area (Å²) in [5.41, 5.74) is 8.13. The monoisotopic (exact) mass is 218 g/mol. The van der Waals surface area contributed by atoms with Gasteiger partial charge in [-0.05, 0) is 6.92 Å². The van der Waals surface area contributed by atoms with Crippen LogP contribution >= 0.6 is 0 Å². The summed E-state index contributed by atoms with van der Waals surface area (Å²) in [5, 5.41) is 15.1. The van der Waals surface area contributed by atoms with Gasteiger partial charge in [0.1, 0.15) is 0 Å². The van der Waals surface area contributed by atoms with Crippen molar-refractivity contribution in [2.75, 3.05) is 0 Å². The third-order valence-electron chi connectivity index (χ3n) is 0.703. The van der Waals surface area contributed by atoms with Gasteiger partial charge in [-0.1, -0.05) is 0 Å². The van der Waals surface area contributed by atoms with E-state index in [1.807, 2.05) is 0 Å². The van der Waals surface area contributed by atoms with Crippen molar-refractivity contribution in [3.8, 4) is 0 Å². The Bertz CT molecular complexity index is 196. The lowest BCUT2D eigenvalue weighted by Crippen LogP contribution is -2.53. The van der Waals surface area contributed by atoms with Gasteiger partial charge < -0.3 is 21.7 Å². The largest absolute Gasteiger partial charge is 0.490 e. The van der Waals surface area contributed by atoms with Gasteiger partial charge in [0.2, 0.25) is 0 Å². The summed E-state index contributed by atoms with van der Waals surface area (Å²) in [6.45, 7) is 1.22. The number of hydrogen-bond donors (Lipinski definition) is 4. The molecule has 0 rings (SSSR count). The molecule has 84 valence electrons. The Hall–Kier alpha value is -1.35. The van der Waals surface area contributed by atoms with Crippen LogP contribution in [0.15, 0.2) is 0 Å². The molecule has 0 aromatic heterocycles. The standard InChI is InChI=1S/C3H8N2O2.C2HF3O2/c1-3(4,5)2(6)7;3-2(4,5)1(6)7/h4-5H2,1H3,(H,6,7);(H,6,7). The highest BCUT2D eigenvalue weighted by Crippen LogP contribution is 2.13. The van der Waals surface area contributed by atoms with E-state index in [1.165, 1.54) is 6.92 Å². The van der Waals surface area contributed by atoms with E-state index in [1.54, 1.807) is 0 Å². The van der Waals surface area contributed by atoms with Gasteiger partial charge >= 0.3 is 18.1 Å². The number of rotatable bonds is 1. The molecular weight excluding hydrogens is 209 g/mol. The highest BCUT2D eigenvalue weighted by Gasteiger charge is 2.38. The molecule has 9 heteroatoms. The highest BCUT2D eigenvalue weighted by molar-refractivity contribution is 5.76. The van der Waals surface area contributed by atoms with Crippen LogP contribution in [0.3, 0.4) is 0 Å². The first kappa shape index (κ1) is 15.1. The average molecular weight is 218 g/mol. The third kappa shape index (κ3) is 8.74. The van der Waals surface area contributed by atoms with Crippen molar-refractivity contribution in [2.24, 2.45) is 11.5 Å². The minimum Gasteiger partial charge on any atom is -0.479 e. The molecule has 0 aliphatic rings. The zero-order chi connectivity index (χ0) is 12.2. The van der Waals surface area contributed by atoms with E-state index >= 15 is 0 Å². The molecule has 14 heavy (non-hydrogen) atoms. The Labute approximate surface area is 76.3 Å². The lowest BCUT2D eigenvalue weighted by molar-refractivity contribution is -0.192. The molecule has 0 radical (unpaired) electrons. The van der Waals surface area contributed by atoms with Crippen LogP contribution in [0.5, 0.6) is 0 Å². The number of carbonyl (C=O) groups is 2. The van der Waals surface area contributed by atoms with Crippen LogP contribution in [0.25, 0.3) is 0 Å². The van der Waals surface area contributed by atoms with Crippen LogP contribution < -0.4 is 11.5 Å². The summed E-state index contributed by atoms with van der Waals surface area (Å²) < 4.78 is 31.7. The molecule has 0 amide bonds. The predicted octanol–water partition coefficient (Wildman–Crippen LogP) is -0.662. The topological polar surface area (TPSA) is 127 Å². The molecule has 0 aliphatic carbocycles. The van der Waals surface area contributed by atoms with Crippen LogP contribution in [-0.4, -0.2) is 34.0 Å². The van der Waals surface area contributed by atoms with E-state index in [4.69, 9.17) is 26.5 Å². The molecule has 0 unspecified atom stereocenters. The van der Waals surface area contributed by atoms with Crippen LogP contribution in [-0.2, 0) is 9.59 Å². The van der Waals surface area contributed by atoms with Crippen LogP contribution in [0, 0.1) is 0 Å². The highest BCUT2D eigenvalue weighted by atomic mass is 19.4. The van der Waals surface area contributed by atoms with Gasteiger partial charge in [-0.25, -0.2) is 9.59 Å². The fraction of sp³-hybridized carbons (Fsp3) is 0.600. The quantitative estimate of drug-likeness (QED) is 0.432. The van der Waals surface area contributed by atoms with E-state index in [0.717, 1.165) is 0 Å². The molecule has 0 spiro atoms. The van der Waals surface area contributed by atoms with Crippen molar-refractivity contribution in [3.05, 3.63) is 0 Å². The maximum atomic E-state index is 10.6. The number of hydrogen-bond acceptors (Lipinski definition) is 4. The summed E-state index contributed by atoms with van der Waals surface area (Å²) in [6.07, 6.45) is -5.08. The second kappa shape index (κ2) is 4.77. The smallest absolute Gasteiger partial charge is 0.479 e. The number of alkyl halides is 3. The summed E-state index contributed by atoms with van der Waals surface area (Å²) in [4.78, 5) is 18.7. The average Bonchev–Trinajstić information content (AvgIpc) is 1.83. The van der Waals surface area contributed by atoms with Crippen molar-refractivity contribution in [3.63, 3.8) is 0 Å². The molecule has 0 fully saturated rings. The molecule has 0 bridgehead atoms. The minimum absolute atomic E-state index is 1.20. The summed E-state index contributed by atoms with van der Waals surface area (Å²) >= 11 is 0. The summed E-state index contributed by atoms with van der Waals surface area (Å²) in [6, 6.07) is 0. The Balaban J connectivity index is 0. The van der Waals surface area contributed by atoms with E-state index < -0.39 is 23.8 Å². The lowest BCUT2D eigenvalue weighted by Gasteiger charge is -2.09. The zero-order valence-corrected chi connectivity index (χ0v) is 7.00. The van der Waals surface area contributed by atoms with Crippen molar-refractivity contribution >= 4 is 11.9 Å². The van der Waals surface area contributed by atoms with E-state index in [0.29, 0.717) is 0 Å². The molecule has 0 saturated carbocycles. The Kier molecular flexibility index (Phi) is 5.15. The lowest BCUT2D eigenvalue weighted by atomic mass is 10.2. The van der Waals surface area contributed by atoms with Gasteiger partial charge in [-0.2, -0.15) is 13.2 Å². The van der Waals surface area contributed by atoms with E-state index in [9.17, 15) is 18.0 Å². The molecule has 6 N–H and O–H groups in total. The second-order valence-corrected chi connectivity index (χ2v) is 2.39. The van der Waals surface area contributed by atoms with Crippen LogP contribution in [0.2, 0.25) is 0 Å². The maximum absolute atomic E-state index is 10.6. The number of halogens is 3. The van der Waals surface area contributed by atoms with E-state index in [-0.39, 0.29) is 0 Å². The summed E-state index contributed by atoms with van der Waals surface area (Å²) in [7, 11) is 0. The maximum Gasteiger partial charge on any atom is 0.490 e. The van der Waals surface area contributed by atoms with E-state index in [2.05, 4.69) is 0 Å².